The van der Waals surface area contributed by atoms with Crippen LogP contribution >= 0.6 is 0 Å². The molecule has 3 rings (SSSR count). The van der Waals surface area contributed by atoms with Crippen LogP contribution in [-0.4, -0.2) is 59.2 Å². The topological polar surface area (TPSA) is 71.8 Å². The lowest BCUT2D eigenvalue weighted by Gasteiger charge is -2.34. The van der Waals surface area contributed by atoms with Crippen LogP contribution in [0.1, 0.15) is 32.5 Å². The number of piperidine rings is 1. The minimum Gasteiger partial charge on any atom is -0.466 e. The summed E-state index contributed by atoms with van der Waals surface area (Å²) in [7, 11) is 0. The molecule has 1 aliphatic heterocycles. The molecule has 2 aromatic rings. The maximum absolute atomic E-state index is 12.1. The Labute approximate surface area is 166 Å². The molecule has 1 aromatic heterocycles. The first kappa shape index (κ1) is 20.2. The second-order valence-electron chi connectivity index (χ2n) is 7.07. The standard InChI is InChI=1S/C21H31N5O2/c1-4-22-21(25-13-8-9-17(15-25)20(27)28-5-2)23-12-14-26-16(3)24-18-10-6-7-11-19(18)26/h6-7,10-11,17H,4-5,8-9,12-15H2,1-3H3,(H,22,23). The number of hydrogen-bond acceptors (Lipinski definition) is 4. The van der Waals surface area contributed by atoms with E-state index in [4.69, 9.17) is 9.73 Å². The van der Waals surface area contributed by atoms with Crippen molar-refractivity contribution in [3.8, 4) is 0 Å². The van der Waals surface area contributed by atoms with Crippen LogP contribution in [0.5, 0.6) is 0 Å². The Kier molecular flexibility index (Phi) is 6.90. The van der Waals surface area contributed by atoms with Gasteiger partial charge in [-0.2, -0.15) is 0 Å². The highest BCUT2D eigenvalue weighted by Gasteiger charge is 2.28. The Morgan fingerprint density at radius 2 is 2.18 bits per heavy atom. The third-order valence-electron chi connectivity index (χ3n) is 5.11. The van der Waals surface area contributed by atoms with Crippen molar-refractivity contribution < 1.29 is 9.53 Å². The quantitative estimate of drug-likeness (QED) is 0.470. The number of rotatable bonds is 6. The van der Waals surface area contributed by atoms with Crippen molar-refractivity contribution >= 4 is 23.0 Å². The first-order valence-electron chi connectivity index (χ1n) is 10.3. The molecule has 1 unspecified atom stereocenters. The van der Waals surface area contributed by atoms with Gasteiger partial charge in [0, 0.05) is 26.2 Å². The molecule has 0 amide bonds. The number of carbonyl (C=O) groups excluding carboxylic acids is 1. The normalized spacial score (nSPS) is 17.8. The Morgan fingerprint density at radius 1 is 1.36 bits per heavy atom. The molecule has 1 saturated heterocycles. The second-order valence-corrected chi connectivity index (χ2v) is 7.07. The fourth-order valence-electron chi connectivity index (χ4n) is 3.78. The number of aromatic nitrogens is 2. The van der Waals surface area contributed by atoms with Gasteiger partial charge < -0.3 is 19.5 Å². The number of benzene rings is 1. The molecule has 28 heavy (non-hydrogen) atoms. The molecule has 0 aliphatic carbocycles. The van der Waals surface area contributed by atoms with Crippen LogP contribution in [0.2, 0.25) is 0 Å². The molecule has 0 bridgehead atoms. The summed E-state index contributed by atoms with van der Waals surface area (Å²) in [5.74, 6) is 1.71. The summed E-state index contributed by atoms with van der Waals surface area (Å²) in [6.45, 7) is 10.2. The zero-order valence-corrected chi connectivity index (χ0v) is 17.1. The Hall–Kier alpha value is -2.57. The van der Waals surface area contributed by atoms with Crippen molar-refractivity contribution in [2.24, 2.45) is 10.9 Å². The van der Waals surface area contributed by atoms with E-state index in [0.717, 1.165) is 55.3 Å². The molecule has 1 N–H and O–H groups in total. The number of fused-ring (bicyclic) bond motifs is 1. The van der Waals surface area contributed by atoms with E-state index in [9.17, 15) is 4.79 Å². The molecule has 1 atom stereocenters. The number of esters is 1. The van der Waals surface area contributed by atoms with Crippen molar-refractivity contribution in [2.75, 3.05) is 32.8 Å². The second kappa shape index (κ2) is 9.57. The third-order valence-corrected chi connectivity index (χ3v) is 5.11. The SMILES string of the molecule is CCNC(=NCCn1c(C)nc2ccccc21)N1CCCC(C(=O)OCC)C1. The van der Waals surface area contributed by atoms with E-state index in [2.05, 4.69) is 32.8 Å². The fraction of sp³-hybridized carbons (Fsp3) is 0.571. The lowest BCUT2D eigenvalue weighted by Crippen LogP contribution is -2.48. The number of guanidine groups is 1. The predicted molar refractivity (Wildman–Crippen MR) is 111 cm³/mol. The van der Waals surface area contributed by atoms with Gasteiger partial charge in [0.25, 0.3) is 0 Å². The largest absolute Gasteiger partial charge is 0.466 e. The van der Waals surface area contributed by atoms with Gasteiger partial charge in [0.2, 0.25) is 0 Å². The number of imidazole rings is 1. The number of hydrogen-bond donors (Lipinski definition) is 1. The number of carbonyl (C=O) groups is 1. The lowest BCUT2D eigenvalue weighted by atomic mass is 9.98. The summed E-state index contributed by atoms with van der Waals surface area (Å²) in [5.41, 5.74) is 2.16. The number of para-hydroxylation sites is 2. The maximum atomic E-state index is 12.1. The van der Waals surface area contributed by atoms with Gasteiger partial charge in [-0.25, -0.2) is 4.98 Å². The molecular weight excluding hydrogens is 354 g/mol. The van der Waals surface area contributed by atoms with Crippen molar-refractivity contribution in [1.29, 1.82) is 0 Å². The minimum atomic E-state index is -0.0939. The number of aliphatic imine (C=N–C) groups is 1. The van der Waals surface area contributed by atoms with E-state index in [0.29, 0.717) is 19.7 Å². The smallest absolute Gasteiger partial charge is 0.310 e. The number of likely N-dealkylation sites (tertiary alicyclic amines) is 1. The van der Waals surface area contributed by atoms with Crippen LogP contribution in [0.15, 0.2) is 29.3 Å². The van der Waals surface area contributed by atoms with Gasteiger partial charge in [-0.1, -0.05) is 12.1 Å². The number of ether oxygens (including phenoxy) is 1. The van der Waals surface area contributed by atoms with Gasteiger partial charge in [-0.3, -0.25) is 9.79 Å². The lowest BCUT2D eigenvalue weighted by molar-refractivity contribution is -0.149. The molecule has 2 heterocycles. The molecule has 0 spiro atoms. The fourth-order valence-corrected chi connectivity index (χ4v) is 3.78. The van der Waals surface area contributed by atoms with Gasteiger partial charge in [-0.05, 0) is 45.7 Å². The van der Waals surface area contributed by atoms with Gasteiger partial charge in [-0.15, -0.1) is 0 Å². The Balaban J connectivity index is 1.68. The summed E-state index contributed by atoms with van der Waals surface area (Å²) < 4.78 is 7.43. The number of nitrogens with zero attached hydrogens (tertiary/aromatic N) is 4. The van der Waals surface area contributed by atoms with Crippen LogP contribution in [0.25, 0.3) is 11.0 Å². The van der Waals surface area contributed by atoms with E-state index in [1.54, 1.807) is 0 Å². The zero-order chi connectivity index (χ0) is 19.9. The first-order valence-corrected chi connectivity index (χ1v) is 10.3. The van der Waals surface area contributed by atoms with Crippen LogP contribution in [0.4, 0.5) is 0 Å². The van der Waals surface area contributed by atoms with E-state index >= 15 is 0 Å². The van der Waals surface area contributed by atoms with Gasteiger partial charge in [0.15, 0.2) is 5.96 Å². The molecule has 7 nitrogen and oxygen atoms in total. The summed E-state index contributed by atoms with van der Waals surface area (Å²) in [5, 5.41) is 3.37. The van der Waals surface area contributed by atoms with Gasteiger partial charge in [0.1, 0.15) is 5.82 Å². The van der Waals surface area contributed by atoms with Crippen LogP contribution < -0.4 is 5.32 Å². The highest BCUT2D eigenvalue weighted by molar-refractivity contribution is 5.81. The third kappa shape index (κ3) is 4.64. The first-order chi connectivity index (χ1) is 13.6. The molecular formula is C21H31N5O2. The summed E-state index contributed by atoms with van der Waals surface area (Å²) in [6.07, 6.45) is 1.86. The predicted octanol–water partition coefficient (Wildman–Crippen LogP) is 2.59. The van der Waals surface area contributed by atoms with Crippen LogP contribution in [0.3, 0.4) is 0 Å². The summed E-state index contributed by atoms with van der Waals surface area (Å²) in [4.78, 5) is 23.8. The van der Waals surface area contributed by atoms with E-state index in [1.807, 2.05) is 32.0 Å². The monoisotopic (exact) mass is 385 g/mol. The maximum Gasteiger partial charge on any atom is 0.310 e. The molecule has 0 radical (unpaired) electrons. The highest BCUT2D eigenvalue weighted by atomic mass is 16.5. The number of aryl methyl sites for hydroxylation is 1. The van der Waals surface area contributed by atoms with Crippen LogP contribution in [-0.2, 0) is 16.1 Å². The number of nitrogens with one attached hydrogen (secondary N) is 1. The average Bonchev–Trinajstić information content (AvgIpc) is 3.03. The molecule has 1 aliphatic rings. The van der Waals surface area contributed by atoms with Crippen molar-refractivity contribution in [3.05, 3.63) is 30.1 Å². The Morgan fingerprint density at radius 3 is 2.96 bits per heavy atom. The summed E-state index contributed by atoms with van der Waals surface area (Å²) >= 11 is 0. The van der Waals surface area contributed by atoms with E-state index < -0.39 is 0 Å². The zero-order valence-electron chi connectivity index (χ0n) is 17.1. The van der Waals surface area contributed by atoms with Crippen molar-refractivity contribution in [3.63, 3.8) is 0 Å². The minimum absolute atomic E-state index is 0.0719. The molecule has 7 heteroatoms. The molecule has 1 fully saturated rings. The molecule has 1 aromatic carbocycles. The van der Waals surface area contributed by atoms with E-state index in [-0.39, 0.29) is 11.9 Å². The van der Waals surface area contributed by atoms with Gasteiger partial charge >= 0.3 is 5.97 Å². The average molecular weight is 386 g/mol. The van der Waals surface area contributed by atoms with Gasteiger partial charge in [0.05, 0.1) is 30.1 Å². The van der Waals surface area contributed by atoms with E-state index in [1.165, 1.54) is 0 Å². The Bertz CT molecular complexity index is 829. The summed E-state index contributed by atoms with van der Waals surface area (Å²) in [6, 6.07) is 8.18. The molecule has 0 saturated carbocycles. The molecule has 152 valence electrons. The van der Waals surface area contributed by atoms with Crippen LogP contribution in [0, 0.1) is 12.8 Å². The van der Waals surface area contributed by atoms with Crippen molar-refractivity contribution in [1.82, 2.24) is 19.8 Å². The van der Waals surface area contributed by atoms with Crippen molar-refractivity contribution in [2.45, 2.75) is 40.2 Å². The highest BCUT2D eigenvalue weighted by Crippen LogP contribution is 2.18.